The molecule has 1 amide bonds. The number of nitrogens with one attached hydrogen (secondary N) is 1. The number of para-hydroxylation sites is 1. The number of anilines is 1. The Balaban J connectivity index is 2.55. The number of carbonyl (C=O) groups excluding carboxylic acids is 1. The molecule has 19 heavy (non-hydrogen) atoms. The van der Waals surface area contributed by atoms with E-state index in [-0.39, 0.29) is 18.4 Å². The summed E-state index contributed by atoms with van der Waals surface area (Å²) in [6.45, 7) is 5.38. The Morgan fingerprint density at radius 2 is 2.21 bits per heavy atom. The molecule has 1 aromatic carbocycles. The van der Waals surface area contributed by atoms with Gasteiger partial charge < -0.3 is 5.32 Å². The lowest BCUT2D eigenvalue weighted by molar-refractivity contribution is -0.117. The van der Waals surface area contributed by atoms with Crippen molar-refractivity contribution in [1.82, 2.24) is 4.90 Å². The zero-order chi connectivity index (χ0) is 14.3. The molecule has 0 aromatic heterocycles. The van der Waals surface area contributed by atoms with Gasteiger partial charge in [0.1, 0.15) is 0 Å². The number of likely N-dealkylation sites (N-methyl/N-ethyl adjacent to an activating group) is 1. The second-order valence-corrected chi connectivity index (χ2v) is 4.79. The van der Waals surface area contributed by atoms with Crippen LogP contribution in [0.3, 0.4) is 0 Å². The van der Waals surface area contributed by atoms with Gasteiger partial charge in [0.15, 0.2) is 0 Å². The van der Waals surface area contributed by atoms with Crippen molar-refractivity contribution >= 4 is 23.2 Å². The number of amides is 1. The van der Waals surface area contributed by atoms with E-state index in [2.05, 4.69) is 11.4 Å². The van der Waals surface area contributed by atoms with E-state index < -0.39 is 0 Å². The third kappa shape index (κ3) is 5.29. The molecule has 5 heteroatoms. The molecule has 0 aliphatic carbocycles. The molecular weight excluding hydrogens is 262 g/mol. The predicted molar refractivity (Wildman–Crippen MR) is 77.0 cm³/mol. The third-order valence-electron chi connectivity index (χ3n) is 2.71. The number of nitriles is 1. The molecular formula is C14H18ClN3O. The van der Waals surface area contributed by atoms with Crippen molar-refractivity contribution in [3.8, 4) is 6.07 Å². The number of halogens is 1. The summed E-state index contributed by atoms with van der Waals surface area (Å²) in [5.74, 6) is -0.215. The van der Waals surface area contributed by atoms with Gasteiger partial charge in [-0.1, -0.05) is 30.7 Å². The van der Waals surface area contributed by atoms with Crippen LogP contribution in [0.1, 0.15) is 13.8 Å². The Morgan fingerprint density at radius 1 is 1.53 bits per heavy atom. The number of nitrogens with zero attached hydrogens (tertiary/aromatic N) is 2. The molecule has 0 saturated heterocycles. The van der Waals surface area contributed by atoms with Crippen LogP contribution >= 0.6 is 11.6 Å². The highest BCUT2D eigenvalue weighted by Gasteiger charge is 2.13. The fourth-order valence-electron chi connectivity index (χ4n) is 1.69. The van der Waals surface area contributed by atoms with Crippen LogP contribution in [0.15, 0.2) is 24.3 Å². The highest BCUT2D eigenvalue weighted by atomic mass is 35.5. The highest BCUT2D eigenvalue weighted by molar-refractivity contribution is 6.33. The van der Waals surface area contributed by atoms with Gasteiger partial charge in [-0.05, 0) is 25.6 Å². The number of rotatable bonds is 6. The maximum absolute atomic E-state index is 11.9. The molecule has 4 nitrogen and oxygen atoms in total. The number of carbonyl (C=O) groups is 1. The first kappa shape index (κ1) is 15.5. The fourth-order valence-corrected chi connectivity index (χ4v) is 1.87. The molecule has 0 saturated carbocycles. The third-order valence-corrected chi connectivity index (χ3v) is 3.04. The van der Waals surface area contributed by atoms with E-state index in [4.69, 9.17) is 16.9 Å². The lowest BCUT2D eigenvalue weighted by Gasteiger charge is -2.20. The Bertz CT molecular complexity index is 470. The molecule has 1 N–H and O–H groups in total. The van der Waals surface area contributed by atoms with Crippen LogP contribution in [0.25, 0.3) is 0 Å². The molecule has 1 atom stereocenters. The molecule has 0 aliphatic rings. The van der Waals surface area contributed by atoms with Crippen LogP contribution in [-0.2, 0) is 4.79 Å². The Morgan fingerprint density at radius 3 is 2.79 bits per heavy atom. The standard InChI is InChI=1S/C14H18ClN3O/c1-3-18(9-11(2)8-16)10-14(19)17-13-7-5-4-6-12(13)15/h4-7,11H,3,9-10H2,1-2H3,(H,17,19). The number of hydrogen-bond donors (Lipinski definition) is 1. The van der Waals surface area contributed by atoms with Gasteiger partial charge in [0.2, 0.25) is 5.91 Å². The van der Waals surface area contributed by atoms with Gasteiger partial charge in [0, 0.05) is 6.54 Å². The van der Waals surface area contributed by atoms with Gasteiger partial charge in [-0.25, -0.2) is 0 Å². The summed E-state index contributed by atoms with van der Waals surface area (Å²) in [6, 6.07) is 9.28. The smallest absolute Gasteiger partial charge is 0.238 e. The van der Waals surface area contributed by atoms with E-state index >= 15 is 0 Å². The van der Waals surface area contributed by atoms with Crippen molar-refractivity contribution < 1.29 is 4.79 Å². The van der Waals surface area contributed by atoms with Crippen molar-refractivity contribution in [3.63, 3.8) is 0 Å². The molecule has 0 heterocycles. The van der Waals surface area contributed by atoms with Crippen LogP contribution in [0.2, 0.25) is 5.02 Å². The van der Waals surface area contributed by atoms with E-state index in [1.54, 1.807) is 12.1 Å². The summed E-state index contributed by atoms with van der Waals surface area (Å²) in [4.78, 5) is 13.8. The SMILES string of the molecule is CCN(CC(=O)Nc1ccccc1Cl)CC(C)C#N. The second-order valence-electron chi connectivity index (χ2n) is 4.39. The first-order chi connectivity index (χ1) is 9.06. The van der Waals surface area contributed by atoms with Gasteiger partial charge in [0.05, 0.1) is 29.2 Å². The van der Waals surface area contributed by atoms with Crippen LogP contribution in [0, 0.1) is 17.2 Å². The Hall–Kier alpha value is -1.57. The van der Waals surface area contributed by atoms with Crippen molar-refractivity contribution in [2.45, 2.75) is 13.8 Å². The molecule has 102 valence electrons. The van der Waals surface area contributed by atoms with Gasteiger partial charge in [-0.3, -0.25) is 9.69 Å². The Labute approximate surface area is 119 Å². The van der Waals surface area contributed by atoms with E-state index in [1.165, 1.54) is 0 Å². The van der Waals surface area contributed by atoms with Crippen LogP contribution in [-0.4, -0.2) is 30.4 Å². The van der Waals surface area contributed by atoms with Crippen molar-refractivity contribution in [3.05, 3.63) is 29.3 Å². The normalized spacial score (nSPS) is 11.9. The van der Waals surface area contributed by atoms with E-state index in [1.807, 2.05) is 30.9 Å². The maximum Gasteiger partial charge on any atom is 0.238 e. The maximum atomic E-state index is 11.9. The van der Waals surface area contributed by atoms with Gasteiger partial charge in [-0.15, -0.1) is 0 Å². The van der Waals surface area contributed by atoms with Gasteiger partial charge >= 0.3 is 0 Å². The summed E-state index contributed by atoms with van der Waals surface area (Å²) in [7, 11) is 0. The zero-order valence-electron chi connectivity index (χ0n) is 11.2. The lowest BCUT2D eigenvalue weighted by Crippen LogP contribution is -2.35. The monoisotopic (exact) mass is 279 g/mol. The molecule has 1 rings (SSSR count). The molecule has 0 aliphatic heterocycles. The lowest BCUT2D eigenvalue weighted by atomic mass is 10.2. The minimum absolute atomic E-state index is 0.0898. The van der Waals surface area contributed by atoms with Crippen LogP contribution in [0.4, 0.5) is 5.69 Å². The number of benzene rings is 1. The van der Waals surface area contributed by atoms with Crippen LogP contribution in [0.5, 0.6) is 0 Å². The fraction of sp³-hybridized carbons (Fsp3) is 0.429. The quantitative estimate of drug-likeness (QED) is 0.871. The average Bonchev–Trinajstić information content (AvgIpc) is 2.40. The molecule has 0 radical (unpaired) electrons. The largest absolute Gasteiger partial charge is 0.324 e. The van der Waals surface area contributed by atoms with Crippen molar-refractivity contribution in [2.24, 2.45) is 5.92 Å². The molecule has 0 bridgehead atoms. The van der Waals surface area contributed by atoms with E-state index in [0.29, 0.717) is 17.3 Å². The number of hydrogen-bond acceptors (Lipinski definition) is 3. The van der Waals surface area contributed by atoms with E-state index in [0.717, 1.165) is 6.54 Å². The second kappa shape index (κ2) is 7.78. The van der Waals surface area contributed by atoms with Crippen molar-refractivity contribution in [1.29, 1.82) is 5.26 Å². The molecule has 1 unspecified atom stereocenters. The van der Waals surface area contributed by atoms with Gasteiger partial charge in [0.25, 0.3) is 0 Å². The van der Waals surface area contributed by atoms with Crippen LogP contribution < -0.4 is 5.32 Å². The first-order valence-corrected chi connectivity index (χ1v) is 6.61. The summed E-state index contributed by atoms with van der Waals surface area (Å²) in [5.41, 5.74) is 0.610. The predicted octanol–water partition coefficient (Wildman–Crippen LogP) is 2.76. The Kier molecular flexibility index (Phi) is 6.34. The zero-order valence-corrected chi connectivity index (χ0v) is 11.9. The molecule has 1 aromatic rings. The summed E-state index contributed by atoms with van der Waals surface area (Å²) >= 11 is 5.97. The van der Waals surface area contributed by atoms with E-state index in [9.17, 15) is 4.79 Å². The minimum atomic E-state index is -0.125. The highest BCUT2D eigenvalue weighted by Crippen LogP contribution is 2.20. The molecule has 0 fully saturated rings. The molecule has 0 spiro atoms. The van der Waals surface area contributed by atoms with Gasteiger partial charge in [-0.2, -0.15) is 5.26 Å². The van der Waals surface area contributed by atoms with Crippen molar-refractivity contribution in [2.75, 3.05) is 25.0 Å². The summed E-state index contributed by atoms with van der Waals surface area (Å²) in [6.07, 6.45) is 0. The first-order valence-electron chi connectivity index (χ1n) is 6.23. The average molecular weight is 280 g/mol. The topological polar surface area (TPSA) is 56.1 Å². The summed E-state index contributed by atoms with van der Waals surface area (Å²) in [5, 5.41) is 12.1. The minimum Gasteiger partial charge on any atom is -0.324 e. The summed E-state index contributed by atoms with van der Waals surface area (Å²) < 4.78 is 0.